The van der Waals surface area contributed by atoms with E-state index >= 15 is 0 Å². The van der Waals surface area contributed by atoms with Crippen molar-refractivity contribution in [3.8, 4) is 5.75 Å². The van der Waals surface area contributed by atoms with Crippen molar-refractivity contribution < 1.29 is 19.4 Å². The number of aryl methyl sites for hydroxylation is 1. The highest BCUT2D eigenvalue weighted by molar-refractivity contribution is 5.89. The Kier molecular flexibility index (Phi) is 8.14. The van der Waals surface area contributed by atoms with Gasteiger partial charge in [0.25, 0.3) is 0 Å². The van der Waals surface area contributed by atoms with Gasteiger partial charge in [-0.05, 0) is 68.1 Å². The quantitative estimate of drug-likeness (QED) is 0.300. The molecule has 7 nitrogen and oxygen atoms in total. The Balaban J connectivity index is 1.75. The summed E-state index contributed by atoms with van der Waals surface area (Å²) in [5, 5.41) is 18.4. The monoisotopic (exact) mass is 383 g/mol. The average Bonchev–Trinajstić information content (AvgIpc) is 2.71. The van der Waals surface area contributed by atoms with Gasteiger partial charge in [-0.25, -0.2) is 9.80 Å². The molecule has 0 aliphatic rings. The molecule has 2 aromatic carbocycles. The fraction of sp³-hybridized carbons (Fsp3) is 0.333. The number of carbonyl (C=O) groups is 2. The summed E-state index contributed by atoms with van der Waals surface area (Å²) in [7, 11) is 1.57. The molecule has 1 N–H and O–H groups in total. The van der Waals surface area contributed by atoms with Gasteiger partial charge >= 0.3 is 5.97 Å². The molecule has 0 radical (unpaired) electrons. The molecule has 0 bridgehead atoms. The van der Waals surface area contributed by atoms with Crippen LogP contribution in [0.3, 0.4) is 0 Å². The van der Waals surface area contributed by atoms with Crippen molar-refractivity contribution in [2.24, 2.45) is 10.3 Å². The molecule has 0 aliphatic heterocycles. The predicted molar refractivity (Wildman–Crippen MR) is 105 cm³/mol. The van der Waals surface area contributed by atoms with Crippen LogP contribution < -0.4 is 0 Å². The summed E-state index contributed by atoms with van der Waals surface area (Å²) in [5.74, 6) is -0.246. The first-order chi connectivity index (χ1) is 13.5. The molecule has 0 unspecified atom stereocenters. The molecule has 148 valence electrons. The summed E-state index contributed by atoms with van der Waals surface area (Å²) >= 11 is 0. The van der Waals surface area contributed by atoms with Crippen LogP contribution in [0, 0.1) is 0 Å². The van der Waals surface area contributed by atoms with Crippen molar-refractivity contribution in [2.45, 2.75) is 32.6 Å². The molecule has 2 aromatic rings. The van der Waals surface area contributed by atoms with Crippen molar-refractivity contribution in [2.75, 3.05) is 13.7 Å². The zero-order valence-electron chi connectivity index (χ0n) is 16.2. The van der Waals surface area contributed by atoms with Crippen molar-refractivity contribution in [1.82, 2.24) is 5.01 Å². The number of carbonyl (C=O) groups excluding carboxylic acids is 2. The van der Waals surface area contributed by atoms with E-state index in [2.05, 4.69) is 10.3 Å². The third-order valence-electron chi connectivity index (χ3n) is 4.08. The first-order valence-electron chi connectivity index (χ1n) is 9.23. The number of hydrogen-bond acceptors (Lipinski definition) is 6. The van der Waals surface area contributed by atoms with Gasteiger partial charge in [0.2, 0.25) is 5.91 Å². The Labute approximate surface area is 164 Å². The van der Waals surface area contributed by atoms with E-state index in [0.717, 1.165) is 24.8 Å². The van der Waals surface area contributed by atoms with Gasteiger partial charge < -0.3 is 9.84 Å². The lowest BCUT2D eigenvalue weighted by atomic mass is 10.1. The summed E-state index contributed by atoms with van der Waals surface area (Å²) in [6.07, 6.45) is 2.85. The Morgan fingerprint density at radius 2 is 1.71 bits per heavy atom. The maximum atomic E-state index is 12.1. The van der Waals surface area contributed by atoms with Gasteiger partial charge in [-0.3, -0.25) is 4.79 Å². The lowest BCUT2D eigenvalue weighted by molar-refractivity contribution is -0.130. The first-order valence-corrected chi connectivity index (χ1v) is 9.23. The van der Waals surface area contributed by atoms with E-state index in [0.29, 0.717) is 24.3 Å². The first kappa shape index (κ1) is 21.1. The number of unbranched alkanes of at least 4 members (excludes halogenated alkanes) is 1. The fourth-order valence-electron chi connectivity index (χ4n) is 2.48. The number of benzene rings is 2. The molecule has 0 fully saturated rings. The highest BCUT2D eigenvalue weighted by Crippen LogP contribution is 2.16. The van der Waals surface area contributed by atoms with Crippen LogP contribution in [-0.4, -0.2) is 35.6 Å². The molecule has 1 amide bonds. The van der Waals surface area contributed by atoms with Crippen molar-refractivity contribution >= 4 is 17.6 Å². The van der Waals surface area contributed by atoms with Gasteiger partial charge in [0.1, 0.15) is 5.75 Å². The van der Waals surface area contributed by atoms with Crippen LogP contribution in [0.25, 0.3) is 0 Å². The van der Waals surface area contributed by atoms with Crippen LogP contribution >= 0.6 is 0 Å². The van der Waals surface area contributed by atoms with E-state index in [1.165, 1.54) is 5.01 Å². The Morgan fingerprint density at radius 1 is 1.04 bits per heavy atom. The molecular weight excluding hydrogens is 358 g/mol. The second-order valence-electron chi connectivity index (χ2n) is 6.25. The number of esters is 1. The van der Waals surface area contributed by atoms with Crippen LogP contribution in [-0.2, 0) is 16.0 Å². The molecule has 2 rings (SSSR count). The molecule has 7 heteroatoms. The molecular formula is C21H25N3O4. The van der Waals surface area contributed by atoms with Crippen molar-refractivity contribution in [3.63, 3.8) is 0 Å². The van der Waals surface area contributed by atoms with Crippen molar-refractivity contribution in [1.29, 1.82) is 0 Å². The Bertz CT molecular complexity index is 801. The number of phenols is 1. The number of hydrogen-bond donors (Lipinski definition) is 1. The van der Waals surface area contributed by atoms with Gasteiger partial charge in [-0.1, -0.05) is 17.4 Å². The normalized spacial score (nSPS) is 10.8. The molecule has 0 heterocycles. The molecule has 28 heavy (non-hydrogen) atoms. The third-order valence-corrected chi connectivity index (χ3v) is 4.08. The van der Waals surface area contributed by atoms with E-state index in [9.17, 15) is 14.7 Å². The summed E-state index contributed by atoms with van der Waals surface area (Å²) in [5.41, 5.74) is 2.11. The standard InChI is InChI=1S/C21H25N3O4/c1-3-28-21(27)17-10-12-18(13-11-17)22-23-24(2)20(26)7-5-4-6-16-8-14-19(25)15-9-16/h8-15,25H,3-7H2,1-2H3. The number of aromatic hydroxyl groups is 1. The largest absolute Gasteiger partial charge is 0.508 e. The van der Waals surface area contributed by atoms with Crippen LogP contribution in [0.15, 0.2) is 58.9 Å². The molecule has 0 aromatic heterocycles. The van der Waals surface area contributed by atoms with Crippen LogP contribution in [0.2, 0.25) is 0 Å². The number of nitrogens with zero attached hydrogens (tertiary/aromatic N) is 3. The summed E-state index contributed by atoms with van der Waals surface area (Å²) < 4.78 is 4.92. The Hall–Kier alpha value is -3.22. The average molecular weight is 383 g/mol. The van der Waals surface area contributed by atoms with Crippen molar-refractivity contribution in [3.05, 3.63) is 59.7 Å². The molecule has 0 atom stereocenters. The topological polar surface area (TPSA) is 91.6 Å². The van der Waals surface area contributed by atoms with Gasteiger partial charge in [0, 0.05) is 13.5 Å². The molecule has 0 saturated carbocycles. The lowest BCUT2D eigenvalue weighted by Gasteiger charge is -2.09. The van der Waals surface area contributed by atoms with Crippen LogP contribution in [0.5, 0.6) is 5.75 Å². The summed E-state index contributed by atoms with van der Waals surface area (Å²) in [4.78, 5) is 23.7. The molecule has 0 aliphatic carbocycles. The number of ether oxygens (including phenoxy) is 1. The minimum atomic E-state index is -0.384. The maximum Gasteiger partial charge on any atom is 0.338 e. The van der Waals surface area contributed by atoms with E-state index in [1.54, 1.807) is 50.4 Å². The van der Waals surface area contributed by atoms with Gasteiger partial charge in [-0.15, -0.1) is 5.11 Å². The minimum Gasteiger partial charge on any atom is -0.508 e. The smallest absolute Gasteiger partial charge is 0.338 e. The maximum absolute atomic E-state index is 12.1. The second-order valence-corrected chi connectivity index (χ2v) is 6.25. The highest BCUT2D eigenvalue weighted by atomic mass is 16.5. The van der Waals surface area contributed by atoms with E-state index in [4.69, 9.17) is 4.74 Å². The Morgan fingerprint density at radius 3 is 2.36 bits per heavy atom. The van der Waals surface area contributed by atoms with Gasteiger partial charge in [0.15, 0.2) is 0 Å². The number of rotatable bonds is 9. The van der Waals surface area contributed by atoms with E-state index < -0.39 is 0 Å². The van der Waals surface area contributed by atoms with E-state index in [1.807, 2.05) is 12.1 Å². The third kappa shape index (κ3) is 6.83. The SMILES string of the molecule is CCOC(=O)c1ccc(N=NN(C)C(=O)CCCCc2ccc(O)cc2)cc1. The lowest BCUT2D eigenvalue weighted by Crippen LogP contribution is -2.20. The predicted octanol–water partition coefficient (Wildman–Crippen LogP) is 4.44. The number of phenolic OH excluding ortho intramolecular Hbond substituents is 1. The zero-order chi connectivity index (χ0) is 20.4. The van der Waals surface area contributed by atoms with Gasteiger partial charge in [0.05, 0.1) is 17.9 Å². The van der Waals surface area contributed by atoms with Gasteiger partial charge in [-0.2, -0.15) is 0 Å². The minimum absolute atomic E-state index is 0.113. The van der Waals surface area contributed by atoms with Crippen LogP contribution in [0.4, 0.5) is 5.69 Å². The summed E-state index contributed by atoms with van der Waals surface area (Å²) in [6.45, 7) is 2.07. The van der Waals surface area contributed by atoms with Crippen LogP contribution in [0.1, 0.15) is 42.1 Å². The second kappa shape index (κ2) is 10.8. The number of amides is 1. The molecule has 0 saturated heterocycles. The fourth-order valence-corrected chi connectivity index (χ4v) is 2.48. The highest BCUT2D eigenvalue weighted by Gasteiger charge is 2.08. The molecule has 0 spiro atoms. The summed E-state index contributed by atoms with van der Waals surface area (Å²) in [6, 6.07) is 13.6. The van der Waals surface area contributed by atoms with E-state index in [-0.39, 0.29) is 17.6 Å². The zero-order valence-corrected chi connectivity index (χ0v) is 16.2.